The maximum atomic E-state index is 2.27. The van der Waals surface area contributed by atoms with E-state index in [2.05, 4.69) is 24.3 Å². The van der Waals surface area contributed by atoms with Crippen LogP contribution in [-0.4, -0.2) is 0 Å². The van der Waals surface area contributed by atoms with Crippen LogP contribution in [0.2, 0.25) is 0 Å². The Balaban J connectivity index is 0.000000640. The van der Waals surface area contributed by atoms with Crippen LogP contribution in [0.4, 0.5) is 0 Å². The molecule has 52 valence electrons. The van der Waals surface area contributed by atoms with Crippen molar-refractivity contribution in [3.8, 4) is 0 Å². The van der Waals surface area contributed by atoms with Gasteiger partial charge in [-0.25, -0.2) is 0 Å². The molecule has 0 radical (unpaired) electrons. The Kier molecular flexibility index (Phi) is 6.41. The van der Waals surface area contributed by atoms with Gasteiger partial charge < -0.3 is 0 Å². The summed E-state index contributed by atoms with van der Waals surface area (Å²) in [4.78, 5) is 0. The van der Waals surface area contributed by atoms with Gasteiger partial charge in [0, 0.05) is 0 Å². The molecular formula is C8H12Pt+2. The van der Waals surface area contributed by atoms with Gasteiger partial charge in [-0.3, -0.25) is 0 Å². The van der Waals surface area contributed by atoms with Gasteiger partial charge in [-0.1, -0.05) is 24.3 Å². The van der Waals surface area contributed by atoms with Crippen LogP contribution in [0.1, 0.15) is 25.7 Å². The summed E-state index contributed by atoms with van der Waals surface area (Å²) in [7, 11) is 0. The normalized spacial score (nSPS) is 24.9. The summed E-state index contributed by atoms with van der Waals surface area (Å²) in [5.41, 5.74) is 0. The fourth-order valence-electron chi connectivity index (χ4n) is 0.856. The molecule has 1 rings (SSSR count). The van der Waals surface area contributed by atoms with E-state index in [1.165, 1.54) is 25.7 Å². The smallest absolute Gasteiger partial charge is 0.0882 e. The predicted octanol–water partition coefficient (Wildman–Crippen LogP) is 2.67. The molecule has 0 N–H and O–H groups in total. The molecule has 0 saturated carbocycles. The molecule has 0 nitrogen and oxygen atoms in total. The molecular weight excluding hydrogens is 291 g/mol. The number of allylic oxidation sites excluding steroid dienone is 4. The zero-order valence-electron chi connectivity index (χ0n) is 5.45. The molecule has 0 unspecified atom stereocenters. The third-order valence-corrected chi connectivity index (χ3v) is 1.33. The fraction of sp³-hybridized carbons (Fsp3) is 0.500. The molecule has 0 atom stereocenters. The summed E-state index contributed by atoms with van der Waals surface area (Å²) in [5, 5.41) is 0. The Morgan fingerprint density at radius 3 is 1.00 bits per heavy atom. The molecule has 0 heterocycles. The first-order valence-corrected chi connectivity index (χ1v) is 3.30. The minimum absolute atomic E-state index is 0. The predicted molar refractivity (Wildman–Crippen MR) is 36.7 cm³/mol. The van der Waals surface area contributed by atoms with Crippen LogP contribution in [0.25, 0.3) is 0 Å². The van der Waals surface area contributed by atoms with E-state index in [1.807, 2.05) is 0 Å². The number of hydrogen-bond donors (Lipinski definition) is 0. The van der Waals surface area contributed by atoms with E-state index in [0.29, 0.717) is 0 Å². The molecule has 9 heavy (non-hydrogen) atoms. The summed E-state index contributed by atoms with van der Waals surface area (Å²) in [6.45, 7) is 0. The van der Waals surface area contributed by atoms with Gasteiger partial charge in [-0.15, -0.1) is 0 Å². The van der Waals surface area contributed by atoms with Crippen molar-refractivity contribution in [3.63, 3.8) is 0 Å². The Morgan fingerprint density at radius 1 is 0.556 bits per heavy atom. The van der Waals surface area contributed by atoms with Crippen molar-refractivity contribution in [3.05, 3.63) is 24.3 Å². The van der Waals surface area contributed by atoms with Crippen LogP contribution < -0.4 is 0 Å². The molecule has 1 aliphatic rings. The van der Waals surface area contributed by atoms with Gasteiger partial charge in [0.2, 0.25) is 0 Å². The molecule has 0 aromatic carbocycles. The van der Waals surface area contributed by atoms with Gasteiger partial charge in [-0.2, -0.15) is 0 Å². The van der Waals surface area contributed by atoms with E-state index in [-0.39, 0.29) is 21.1 Å². The average molecular weight is 303 g/mol. The van der Waals surface area contributed by atoms with Gasteiger partial charge >= 0.3 is 21.1 Å². The van der Waals surface area contributed by atoms with E-state index >= 15 is 0 Å². The summed E-state index contributed by atoms with van der Waals surface area (Å²) >= 11 is 0. The maximum Gasteiger partial charge on any atom is 2.00 e. The Morgan fingerprint density at radius 2 is 0.778 bits per heavy atom. The van der Waals surface area contributed by atoms with E-state index in [0.717, 1.165) is 0 Å². The minimum Gasteiger partial charge on any atom is -0.0882 e. The Bertz CT molecular complexity index is 77.1. The molecule has 0 aliphatic heterocycles. The van der Waals surface area contributed by atoms with Gasteiger partial charge in [0.25, 0.3) is 0 Å². The zero-order chi connectivity index (χ0) is 5.66. The molecule has 1 heteroatoms. The quantitative estimate of drug-likeness (QED) is 0.604. The van der Waals surface area contributed by atoms with Gasteiger partial charge in [0.05, 0.1) is 0 Å². The molecule has 0 aromatic rings. The third-order valence-electron chi connectivity index (χ3n) is 1.33. The second kappa shape index (κ2) is 6.29. The van der Waals surface area contributed by atoms with E-state index in [9.17, 15) is 0 Å². The molecule has 0 spiro atoms. The molecule has 0 fully saturated rings. The minimum atomic E-state index is 0. The van der Waals surface area contributed by atoms with Crippen LogP contribution in [0.5, 0.6) is 0 Å². The van der Waals surface area contributed by atoms with Crippen molar-refractivity contribution in [2.75, 3.05) is 0 Å². The van der Waals surface area contributed by atoms with Gasteiger partial charge in [0.1, 0.15) is 0 Å². The molecule has 0 saturated heterocycles. The van der Waals surface area contributed by atoms with E-state index < -0.39 is 0 Å². The topological polar surface area (TPSA) is 0 Å². The largest absolute Gasteiger partial charge is 2.00 e. The van der Waals surface area contributed by atoms with Crippen molar-refractivity contribution in [1.29, 1.82) is 0 Å². The first-order chi connectivity index (χ1) is 4.00. The van der Waals surface area contributed by atoms with Crippen LogP contribution in [0, 0.1) is 0 Å². The van der Waals surface area contributed by atoms with Gasteiger partial charge in [-0.05, 0) is 25.7 Å². The van der Waals surface area contributed by atoms with Crippen molar-refractivity contribution in [1.82, 2.24) is 0 Å². The third kappa shape index (κ3) is 4.66. The SMILES string of the molecule is C1=C\CC/C=C\CC/1.[Pt+2]. The van der Waals surface area contributed by atoms with Crippen LogP contribution in [0.15, 0.2) is 24.3 Å². The van der Waals surface area contributed by atoms with E-state index in [1.54, 1.807) is 0 Å². The number of rotatable bonds is 0. The Hall–Kier alpha value is 0.168. The Labute approximate surface area is 71.3 Å². The molecule has 1 aliphatic carbocycles. The van der Waals surface area contributed by atoms with Crippen LogP contribution >= 0.6 is 0 Å². The van der Waals surface area contributed by atoms with Crippen molar-refractivity contribution in [2.24, 2.45) is 0 Å². The number of hydrogen-bond acceptors (Lipinski definition) is 0. The summed E-state index contributed by atoms with van der Waals surface area (Å²) < 4.78 is 0. The van der Waals surface area contributed by atoms with Crippen LogP contribution in [0.3, 0.4) is 0 Å². The standard InChI is InChI=1S/C8H12.Pt/c1-2-4-6-8-7-5-3-1;/h1-2,7-8H,3-6H2;/q;+2/b2-1-,8-7-;. The molecule has 0 amide bonds. The van der Waals surface area contributed by atoms with Crippen LogP contribution in [-0.2, 0) is 21.1 Å². The molecule has 0 bridgehead atoms. The van der Waals surface area contributed by atoms with Gasteiger partial charge in [0.15, 0.2) is 0 Å². The summed E-state index contributed by atoms with van der Waals surface area (Å²) in [5.74, 6) is 0. The monoisotopic (exact) mass is 303 g/mol. The van der Waals surface area contributed by atoms with E-state index in [4.69, 9.17) is 0 Å². The average Bonchev–Trinajstić information content (AvgIpc) is 1.62. The first kappa shape index (κ1) is 9.17. The first-order valence-electron chi connectivity index (χ1n) is 3.30. The zero-order valence-corrected chi connectivity index (χ0v) is 7.73. The van der Waals surface area contributed by atoms with Crippen molar-refractivity contribution < 1.29 is 21.1 Å². The summed E-state index contributed by atoms with van der Waals surface area (Å²) in [6.07, 6.45) is 14.0. The fourth-order valence-corrected chi connectivity index (χ4v) is 0.856. The maximum absolute atomic E-state index is 2.27. The van der Waals surface area contributed by atoms with Crippen molar-refractivity contribution in [2.45, 2.75) is 25.7 Å². The van der Waals surface area contributed by atoms with Crippen molar-refractivity contribution >= 4 is 0 Å². The molecule has 0 aromatic heterocycles. The summed E-state index contributed by atoms with van der Waals surface area (Å²) in [6, 6.07) is 0. The second-order valence-corrected chi connectivity index (χ2v) is 2.10. The second-order valence-electron chi connectivity index (χ2n) is 2.10.